The van der Waals surface area contributed by atoms with E-state index in [0.29, 0.717) is 18.8 Å². The Labute approximate surface area is 113 Å². The second kappa shape index (κ2) is 5.96. The summed E-state index contributed by atoms with van der Waals surface area (Å²) in [6, 6.07) is 10.3. The zero-order valence-corrected chi connectivity index (χ0v) is 11.0. The second-order valence-corrected chi connectivity index (χ2v) is 5.19. The van der Waals surface area contributed by atoms with Gasteiger partial charge in [0.15, 0.2) is 0 Å². The molecule has 0 bridgehead atoms. The van der Waals surface area contributed by atoms with Crippen molar-refractivity contribution in [3.8, 4) is 0 Å². The molecule has 0 saturated carbocycles. The first-order valence-electron chi connectivity index (χ1n) is 6.54. The molecule has 0 nitrogen and oxygen atoms in total. The van der Waals surface area contributed by atoms with Crippen LogP contribution in [0.5, 0.6) is 0 Å². The van der Waals surface area contributed by atoms with E-state index in [-0.39, 0.29) is 5.41 Å². The van der Waals surface area contributed by atoms with Gasteiger partial charge in [0.1, 0.15) is 0 Å². The van der Waals surface area contributed by atoms with Crippen LogP contribution in [0.15, 0.2) is 66.8 Å². The molecule has 1 aromatic carbocycles. The van der Waals surface area contributed by atoms with Gasteiger partial charge >= 0.3 is 0 Å². The molecule has 0 atom stereocenters. The van der Waals surface area contributed by atoms with Gasteiger partial charge in [-0.25, -0.2) is 0 Å². The largest absolute Gasteiger partial charge is 0.266 e. The van der Waals surface area contributed by atoms with Gasteiger partial charge in [0.05, 0.1) is 0 Å². The average molecular weight is 260 g/mol. The van der Waals surface area contributed by atoms with Crippen molar-refractivity contribution in [2.45, 2.75) is 25.7 Å². The van der Waals surface area contributed by atoms with Crippen LogP contribution in [0, 0.1) is 5.41 Å². The summed E-state index contributed by atoms with van der Waals surface area (Å²) in [6.45, 7) is 2.07. The third-order valence-electron chi connectivity index (χ3n) is 3.53. The van der Waals surface area contributed by atoms with Gasteiger partial charge < -0.3 is 0 Å². The van der Waals surface area contributed by atoms with Crippen molar-refractivity contribution < 1.29 is 8.78 Å². The summed E-state index contributed by atoms with van der Waals surface area (Å²) in [5.41, 5.74) is 1.14. The minimum absolute atomic E-state index is 0.114. The summed E-state index contributed by atoms with van der Waals surface area (Å²) < 4.78 is 24.0. The lowest BCUT2D eigenvalue weighted by molar-refractivity contribution is 0.411. The smallest absolute Gasteiger partial charge is 0.174 e. The molecule has 0 saturated heterocycles. The van der Waals surface area contributed by atoms with Gasteiger partial charge in [-0.15, -0.1) is 0 Å². The molecule has 0 aromatic heterocycles. The van der Waals surface area contributed by atoms with Crippen molar-refractivity contribution >= 4 is 0 Å². The summed E-state index contributed by atoms with van der Waals surface area (Å²) >= 11 is 0. The molecule has 1 aliphatic carbocycles. The molecule has 0 unspecified atom stereocenters. The van der Waals surface area contributed by atoms with Crippen LogP contribution in [0.25, 0.3) is 0 Å². The van der Waals surface area contributed by atoms with Crippen molar-refractivity contribution in [3.05, 3.63) is 72.4 Å². The fourth-order valence-electron chi connectivity index (χ4n) is 2.32. The van der Waals surface area contributed by atoms with E-state index in [2.05, 4.69) is 43.4 Å². The first-order valence-corrected chi connectivity index (χ1v) is 6.54. The van der Waals surface area contributed by atoms with E-state index < -0.39 is 6.08 Å². The number of benzene rings is 1. The van der Waals surface area contributed by atoms with Gasteiger partial charge in [-0.1, -0.05) is 61.6 Å². The summed E-state index contributed by atoms with van der Waals surface area (Å²) in [4.78, 5) is 0. The van der Waals surface area contributed by atoms with Gasteiger partial charge in [-0.05, 0) is 24.5 Å². The lowest BCUT2D eigenvalue weighted by atomic mass is 9.78. The van der Waals surface area contributed by atoms with E-state index in [0.717, 1.165) is 6.08 Å². The summed E-state index contributed by atoms with van der Waals surface area (Å²) in [5.74, 6) is 0.294. The Morgan fingerprint density at radius 2 is 1.79 bits per heavy atom. The third-order valence-corrected chi connectivity index (χ3v) is 3.53. The standard InChI is InChI=1S/C17H18F2/c1-17(11-5-8-16(18)19)12-9-15(10-13-17)14-6-3-2-4-7-14/h2-4,6-10,12-13,15H,5,11H2,1H3. The van der Waals surface area contributed by atoms with E-state index in [4.69, 9.17) is 0 Å². The van der Waals surface area contributed by atoms with E-state index >= 15 is 0 Å². The maximum Gasteiger partial charge on any atom is 0.266 e. The number of hydrogen-bond donors (Lipinski definition) is 0. The van der Waals surface area contributed by atoms with Crippen LogP contribution in [0.1, 0.15) is 31.2 Å². The predicted molar refractivity (Wildman–Crippen MR) is 75.1 cm³/mol. The molecule has 0 fully saturated rings. The Balaban J connectivity index is 2.00. The zero-order valence-electron chi connectivity index (χ0n) is 11.0. The second-order valence-electron chi connectivity index (χ2n) is 5.19. The van der Waals surface area contributed by atoms with Crippen LogP contribution < -0.4 is 0 Å². The minimum atomic E-state index is -1.59. The van der Waals surface area contributed by atoms with E-state index in [1.54, 1.807) is 0 Å². The summed E-state index contributed by atoms with van der Waals surface area (Å²) in [7, 11) is 0. The molecule has 1 aromatic rings. The summed E-state index contributed by atoms with van der Waals surface area (Å²) in [5, 5.41) is 0. The molecule has 2 heteroatoms. The maximum atomic E-state index is 12.0. The third kappa shape index (κ3) is 3.88. The Hall–Kier alpha value is -1.70. The number of halogens is 2. The highest BCUT2D eigenvalue weighted by Gasteiger charge is 2.21. The van der Waals surface area contributed by atoms with Crippen molar-refractivity contribution in [1.29, 1.82) is 0 Å². The number of allylic oxidation sites excluding steroid dienone is 5. The van der Waals surface area contributed by atoms with Crippen molar-refractivity contribution in [3.63, 3.8) is 0 Å². The van der Waals surface area contributed by atoms with Crippen LogP contribution in [0.4, 0.5) is 8.78 Å². The molecule has 0 aliphatic heterocycles. The van der Waals surface area contributed by atoms with Crippen molar-refractivity contribution in [2.24, 2.45) is 5.41 Å². The monoisotopic (exact) mass is 260 g/mol. The summed E-state index contributed by atoms with van der Waals surface area (Å²) in [6.07, 6.45) is 9.10. The SMILES string of the molecule is CC1(CCC=C(F)F)C=CC(c2ccccc2)C=C1. The number of hydrogen-bond acceptors (Lipinski definition) is 0. The number of rotatable bonds is 4. The fourth-order valence-corrected chi connectivity index (χ4v) is 2.32. The van der Waals surface area contributed by atoms with Crippen molar-refractivity contribution in [2.75, 3.05) is 0 Å². The fraction of sp³-hybridized carbons (Fsp3) is 0.294. The van der Waals surface area contributed by atoms with E-state index in [9.17, 15) is 8.78 Å². The molecule has 0 amide bonds. The average Bonchev–Trinajstić information content (AvgIpc) is 2.40. The topological polar surface area (TPSA) is 0 Å². The first kappa shape index (κ1) is 13.7. The van der Waals surface area contributed by atoms with Gasteiger partial charge in [0.25, 0.3) is 6.08 Å². The Morgan fingerprint density at radius 3 is 2.37 bits per heavy atom. The van der Waals surface area contributed by atoms with E-state index in [1.165, 1.54) is 5.56 Å². The lowest BCUT2D eigenvalue weighted by Gasteiger charge is -2.26. The first-order chi connectivity index (χ1) is 9.09. The molecule has 0 radical (unpaired) electrons. The zero-order chi connectivity index (χ0) is 13.7. The molecule has 100 valence electrons. The molecular weight excluding hydrogens is 242 g/mol. The van der Waals surface area contributed by atoms with Crippen LogP contribution >= 0.6 is 0 Å². The Bertz CT molecular complexity index is 479. The lowest BCUT2D eigenvalue weighted by Crippen LogP contribution is -2.13. The highest BCUT2D eigenvalue weighted by molar-refractivity contribution is 5.33. The predicted octanol–water partition coefficient (Wildman–Crippen LogP) is 5.46. The highest BCUT2D eigenvalue weighted by atomic mass is 19.3. The molecule has 1 aliphatic rings. The van der Waals surface area contributed by atoms with Crippen LogP contribution in [0.3, 0.4) is 0 Å². The molecule has 0 heterocycles. The van der Waals surface area contributed by atoms with Crippen LogP contribution in [0.2, 0.25) is 0 Å². The quantitative estimate of drug-likeness (QED) is 0.630. The van der Waals surface area contributed by atoms with E-state index in [1.807, 2.05) is 18.2 Å². The highest BCUT2D eigenvalue weighted by Crippen LogP contribution is 2.35. The van der Waals surface area contributed by atoms with Crippen molar-refractivity contribution in [1.82, 2.24) is 0 Å². The maximum absolute atomic E-state index is 12.0. The van der Waals surface area contributed by atoms with Crippen LogP contribution in [-0.2, 0) is 0 Å². The molecular formula is C17H18F2. The van der Waals surface area contributed by atoms with Gasteiger partial charge in [0, 0.05) is 11.3 Å². The van der Waals surface area contributed by atoms with Crippen LogP contribution in [-0.4, -0.2) is 0 Å². The van der Waals surface area contributed by atoms with Gasteiger partial charge in [0.2, 0.25) is 0 Å². The Kier molecular flexibility index (Phi) is 4.31. The van der Waals surface area contributed by atoms with Gasteiger partial charge in [-0.3, -0.25) is 0 Å². The van der Waals surface area contributed by atoms with Gasteiger partial charge in [-0.2, -0.15) is 8.78 Å². The molecule has 0 spiro atoms. The molecule has 19 heavy (non-hydrogen) atoms. The molecule has 2 rings (SSSR count). The minimum Gasteiger partial charge on any atom is -0.174 e. The Morgan fingerprint density at radius 1 is 1.16 bits per heavy atom. The molecule has 0 N–H and O–H groups in total. The normalized spacial score (nSPS) is 25.3.